The Bertz CT molecular complexity index is 592. The molecule has 0 spiro atoms. The van der Waals surface area contributed by atoms with E-state index in [4.69, 9.17) is 10.4 Å². The minimum atomic E-state index is -1.20. The summed E-state index contributed by atoms with van der Waals surface area (Å²) in [5.74, 6) is 0.199. The maximum Gasteiger partial charge on any atom is 0.410 e. The fraction of sp³-hybridized carbons (Fsp3) is 0. The highest BCUT2D eigenvalue weighted by molar-refractivity contribution is 7.16. The average molecular weight is 282 g/mol. The average Bonchev–Trinajstić information content (AvgIpc) is 2.72. The van der Waals surface area contributed by atoms with E-state index in [1.54, 1.807) is 0 Å². The van der Waals surface area contributed by atoms with Crippen molar-refractivity contribution in [1.82, 2.24) is 4.98 Å². The zero-order valence-corrected chi connectivity index (χ0v) is 10.6. The molecule has 1 aromatic carbocycles. The molecule has 1 aromatic heterocycles. The Hall–Kier alpha value is -2.10. The van der Waals surface area contributed by atoms with Crippen LogP contribution in [-0.4, -0.2) is 16.2 Å². The maximum atomic E-state index is 10.6. The standard InChI is InChI=1S/C11H7N3O2S.ClH/c12-6-8-13-10(14-11(15)16)9(17-8)7-4-2-1-3-5-7;/h1-5,14H,(H,15,16);1H. The number of thiazole rings is 1. The summed E-state index contributed by atoms with van der Waals surface area (Å²) < 4.78 is 0. The lowest BCUT2D eigenvalue weighted by atomic mass is 10.2. The number of benzene rings is 1. The number of carboxylic acid groups (broad SMARTS) is 1. The van der Waals surface area contributed by atoms with Crippen LogP contribution in [0.4, 0.5) is 10.6 Å². The molecule has 0 fully saturated rings. The molecule has 1 heterocycles. The Labute approximate surface area is 113 Å². The predicted molar refractivity (Wildman–Crippen MR) is 71.2 cm³/mol. The summed E-state index contributed by atoms with van der Waals surface area (Å²) in [6, 6.07) is 11.1. The number of anilines is 1. The molecule has 5 nitrogen and oxygen atoms in total. The molecule has 7 heteroatoms. The van der Waals surface area contributed by atoms with Crippen LogP contribution in [0.2, 0.25) is 0 Å². The fourth-order valence-electron chi connectivity index (χ4n) is 1.34. The van der Waals surface area contributed by atoms with Gasteiger partial charge in [-0.05, 0) is 5.56 Å². The Balaban J connectivity index is 0.00000162. The molecule has 0 aliphatic rings. The highest BCUT2D eigenvalue weighted by atomic mass is 35.5. The summed E-state index contributed by atoms with van der Waals surface area (Å²) in [4.78, 5) is 15.2. The molecule has 2 N–H and O–H groups in total. The van der Waals surface area contributed by atoms with Crippen LogP contribution in [0.5, 0.6) is 0 Å². The third-order valence-electron chi connectivity index (χ3n) is 1.98. The topological polar surface area (TPSA) is 86.0 Å². The van der Waals surface area contributed by atoms with Crippen molar-refractivity contribution in [2.45, 2.75) is 0 Å². The number of hydrogen-bond donors (Lipinski definition) is 2. The zero-order chi connectivity index (χ0) is 12.3. The molecule has 0 bridgehead atoms. The van der Waals surface area contributed by atoms with Crippen molar-refractivity contribution in [2.75, 3.05) is 5.32 Å². The first kappa shape index (κ1) is 14.0. The van der Waals surface area contributed by atoms with Crippen molar-refractivity contribution in [1.29, 1.82) is 5.26 Å². The van der Waals surface area contributed by atoms with E-state index >= 15 is 0 Å². The number of carbonyl (C=O) groups is 1. The van der Waals surface area contributed by atoms with E-state index in [1.165, 1.54) is 0 Å². The Morgan fingerprint density at radius 3 is 2.61 bits per heavy atom. The SMILES string of the molecule is Cl.N#Cc1nc(NC(=O)O)c(-c2ccccc2)s1. The third-order valence-corrected chi connectivity index (χ3v) is 2.99. The molecular weight excluding hydrogens is 274 g/mol. The van der Waals surface area contributed by atoms with Gasteiger partial charge in [-0.3, -0.25) is 5.32 Å². The lowest BCUT2D eigenvalue weighted by Gasteiger charge is -2.00. The number of halogens is 1. The number of nitriles is 1. The van der Waals surface area contributed by atoms with Gasteiger partial charge in [-0.1, -0.05) is 30.3 Å². The first-order chi connectivity index (χ1) is 8.20. The summed E-state index contributed by atoms with van der Waals surface area (Å²) in [5.41, 5.74) is 0.829. The van der Waals surface area contributed by atoms with Gasteiger partial charge < -0.3 is 5.11 Å². The van der Waals surface area contributed by atoms with E-state index in [1.807, 2.05) is 36.4 Å². The molecule has 0 unspecified atom stereocenters. The molecule has 1 amide bonds. The van der Waals surface area contributed by atoms with Crippen LogP contribution in [0.3, 0.4) is 0 Å². The summed E-state index contributed by atoms with van der Waals surface area (Å²) >= 11 is 1.16. The molecular formula is C11H8ClN3O2S. The summed E-state index contributed by atoms with van der Waals surface area (Å²) in [7, 11) is 0. The number of aromatic nitrogens is 1. The number of nitrogens with one attached hydrogen (secondary N) is 1. The van der Waals surface area contributed by atoms with E-state index in [0.717, 1.165) is 16.9 Å². The van der Waals surface area contributed by atoms with Gasteiger partial charge in [-0.15, -0.1) is 23.7 Å². The number of nitrogens with zero attached hydrogens (tertiary/aromatic N) is 2. The molecule has 0 aliphatic heterocycles. The van der Waals surface area contributed by atoms with Crippen molar-refractivity contribution in [3.05, 3.63) is 35.3 Å². The summed E-state index contributed by atoms with van der Waals surface area (Å²) in [6.07, 6.45) is -1.20. The van der Waals surface area contributed by atoms with Crippen molar-refractivity contribution in [2.24, 2.45) is 0 Å². The fourth-order valence-corrected chi connectivity index (χ4v) is 2.16. The predicted octanol–water partition coefficient (Wildman–Crippen LogP) is 3.19. The van der Waals surface area contributed by atoms with Gasteiger partial charge >= 0.3 is 6.09 Å². The minimum absolute atomic E-state index is 0. The lowest BCUT2D eigenvalue weighted by Crippen LogP contribution is -2.08. The highest BCUT2D eigenvalue weighted by Gasteiger charge is 2.14. The monoisotopic (exact) mass is 281 g/mol. The number of amides is 1. The van der Waals surface area contributed by atoms with Crippen LogP contribution in [0, 0.1) is 11.3 Å². The van der Waals surface area contributed by atoms with Gasteiger partial charge in [0, 0.05) is 0 Å². The van der Waals surface area contributed by atoms with Crippen LogP contribution in [-0.2, 0) is 0 Å². The highest BCUT2D eigenvalue weighted by Crippen LogP contribution is 2.33. The molecule has 18 heavy (non-hydrogen) atoms. The number of rotatable bonds is 2. The minimum Gasteiger partial charge on any atom is -0.465 e. The van der Waals surface area contributed by atoms with Gasteiger partial charge in [0.2, 0.25) is 0 Å². The van der Waals surface area contributed by atoms with Gasteiger partial charge in [0.05, 0.1) is 4.88 Å². The van der Waals surface area contributed by atoms with Crippen LogP contribution >= 0.6 is 23.7 Å². The molecule has 0 aliphatic carbocycles. The third kappa shape index (κ3) is 2.97. The van der Waals surface area contributed by atoms with Crippen molar-refractivity contribution in [3.8, 4) is 16.5 Å². The number of hydrogen-bond acceptors (Lipinski definition) is 4. The first-order valence-electron chi connectivity index (χ1n) is 4.67. The van der Waals surface area contributed by atoms with Gasteiger partial charge in [-0.25, -0.2) is 9.78 Å². The molecule has 0 radical (unpaired) electrons. The quantitative estimate of drug-likeness (QED) is 0.885. The second-order valence-electron chi connectivity index (χ2n) is 3.10. The van der Waals surface area contributed by atoms with Crippen molar-refractivity contribution in [3.63, 3.8) is 0 Å². The molecule has 2 rings (SSSR count). The van der Waals surface area contributed by atoms with E-state index in [9.17, 15) is 4.79 Å². The molecule has 0 saturated carbocycles. The van der Waals surface area contributed by atoms with Crippen molar-refractivity contribution < 1.29 is 9.90 Å². The van der Waals surface area contributed by atoms with Crippen LogP contribution in [0.15, 0.2) is 30.3 Å². The van der Waals surface area contributed by atoms with Gasteiger partial charge in [0.25, 0.3) is 0 Å². The van der Waals surface area contributed by atoms with Gasteiger partial charge in [-0.2, -0.15) is 5.26 Å². The second kappa shape index (κ2) is 6.00. The normalized spacial score (nSPS) is 9.06. The van der Waals surface area contributed by atoms with E-state index in [0.29, 0.717) is 4.88 Å². The molecule has 0 atom stereocenters. The Morgan fingerprint density at radius 2 is 2.06 bits per heavy atom. The first-order valence-corrected chi connectivity index (χ1v) is 5.48. The van der Waals surface area contributed by atoms with Gasteiger partial charge in [0.1, 0.15) is 6.07 Å². The smallest absolute Gasteiger partial charge is 0.410 e. The Kier molecular flexibility index (Phi) is 4.66. The van der Waals surface area contributed by atoms with Crippen LogP contribution < -0.4 is 5.32 Å². The molecule has 2 aromatic rings. The molecule has 0 saturated heterocycles. The molecule has 92 valence electrons. The van der Waals surface area contributed by atoms with Crippen molar-refractivity contribution >= 4 is 35.7 Å². The maximum absolute atomic E-state index is 10.6. The van der Waals surface area contributed by atoms with E-state index in [-0.39, 0.29) is 23.2 Å². The van der Waals surface area contributed by atoms with E-state index in [2.05, 4.69) is 10.3 Å². The van der Waals surface area contributed by atoms with E-state index < -0.39 is 6.09 Å². The zero-order valence-electron chi connectivity index (χ0n) is 8.95. The van der Waals surface area contributed by atoms with Crippen LogP contribution in [0.1, 0.15) is 5.01 Å². The van der Waals surface area contributed by atoms with Gasteiger partial charge in [0.15, 0.2) is 10.8 Å². The lowest BCUT2D eigenvalue weighted by molar-refractivity contribution is 0.209. The second-order valence-corrected chi connectivity index (χ2v) is 4.10. The Morgan fingerprint density at radius 1 is 1.39 bits per heavy atom. The summed E-state index contributed by atoms with van der Waals surface area (Å²) in [6.45, 7) is 0. The summed E-state index contributed by atoms with van der Waals surface area (Å²) in [5, 5.41) is 19.9. The largest absolute Gasteiger partial charge is 0.465 e. The van der Waals surface area contributed by atoms with Crippen LogP contribution in [0.25, 0.3) is 10.4 Å².